The van der Waals surface area contributed by atoms with Gasteiger partial charge in [-0.25, -0.2) is 4.98 Å². The fraction of sp³-hybridized carbons (Fsp3) is 0.154. The number of halogens is 1. The smallest absolute Gasteiger partial charge is 0.276 e. The number of carbonyl (C=O) groups excluding carboxylic acids is 1. The van der Waals surface area contributed by atoms with Crippen LogP contribution in [0.5, 0.6) is 5.75 Å². The van der Waals surface area contributed by atoms with E-state index in [1.54, 1.807) is 25.2 Å². The van der Waals surface area contributed by atoms with Crippen LogP contribution in [0.4, 0.5) is 11.5 Å². The molecule has 20 heavy (non-hydrogen) atoms. The van der Waals surface area contributed by atoms with Gasteiger partial charge < -0.3 is 15.4 Å². The van der Waals surface area contributed by atoms with E-state index in [1.807, 2.05) is 0 Å². The summed E-state index contributed by atoms with van der Waals surface area (Å²) in [6, 6.07) is 4.96. The lowest BCUT2D eigenvalue weighted by Crippen LogP contribution is -2.15. The van der Waals surface area contributed by atoms with Gasteiger partial charge in [-0.05, 0) is 18.2 Å². The zero-order valence-electron chi connectivity index (χ0n) is 11.0. The summed E-state index contributed by atoms with van der Waals surface area (Å²) in [7, 11) is 3.21. The van der Waals surface area contributed by atoms with E-state index < -0.39 is 5.91 Å². The minimum absolute atomic E-state index is 0.193. The van der Waals surface area contributed by atoms with Crippen LogP contribution >= 0.6 is 11.6 Å². The second kappa shape index (κ2) is 6.21. The molecule has 1 aromatic heterocycles. The highest BCUT2D eigenvalue weighted by Gasteiger charge is 2.12. The molecule has 7 heteroatoms. The lowest BCUT2D eigenvalue weighted by Gasteiger charge is -2.10. The van der Waals surface area contributed by atoms with Crippen LogP contribution in [-0.4, -0.2) is 30.0 Å². The topological polar surface area (TPSA) is 76.1 Å². The SMILES string of the molecule is CNc1cncc(C(=O)Nc2cc(Cl)ccc2OC)n1. The van der Waals surface area contributed by atoms with Gasteiger partial charge in [0.25, 0.3) is 5.91 Å². The zero-order valence-corrected chi connectivity index (χ0v) is 11.7. The monoisotopic (exact) mass is 292 g/mol. The Kier molecular flexibility index (Phi) is 4.37. The number of anilines is 2. The van der Waals surface area contributed by atoms with Gasteiger partial charge >= 0.3 is 0 Å². The zero-order chi connectivity index (χ0) is 14.5. The van der Waals surface area contributed by atoms with E-state index in [9.17, 15) is 4.79 Å². The van der Waals surface area contributed by atoms with Gasteiger partial charge in [0, 0.05) is 12.1 Å². The lowest BCUT2D eigenvalue weighted by atomic mass is 10.2. The van der Waals surface area contributed by atoms with Crippen molar-refractivity contribution in [2.24, 2.45) is 0 Å². The number of hydrogen-bond acceptors (Lipinski definition) is 5. The summed E-state index contributed by atoms with van der Waals surface area (Å²) < 4.78 is 5.16. The number of amides is 1. The van der Waals surface area contributed by atoms with Crippen LogP contribution in [0.15, 0.2) is 30.6 Å². The van der Waals surface area contributed by atoms with Crippen molar-refractivity contribution >= 4 is 29.0 Å². The Labute approximate surface area is 121 Å². The standard InChI is InChI=1S/C13H13ClN4O2/c1-15-12-7-16-6-10(17-12)13(19)18-9-5-8(14)3-4-11(9)20-2/h3-7H,1-2H3,(H,15,17)(H,18,19). The number of benzene rings is 1. The number of nitrogens with zero attached hydrogens (tertiary/aromatic N) is 2. The van der Waals surface area contributed by atoms with Crippen molar-refractivity contribution in [3.05, 3.63) is 41.3 Å². The van der Waals surface area contributed by atoms with E-state index in [4.69, 9.17) is 16.3 Å². The number of rotatable bonds is 4. The molecule has 0 bridgehead atoms. The van der Waals surface area contributed by atoms with Gasteiger partial charge in [-0.1, -0.05) is 11.6 Å². The molecule has 1 aromatic carbocycles. The molecule has 0 unspecified atom stereocenters. The summed E-state index contributed by atoms with van der Waals surface area (Å²) >= 11 is 5.91. The third-order valence-corrected chi connectivity index (χ3v) is 2.77. The molecule has 6 nitrogen and oxygen atoms in total. The van der Waals surface area contributed by atoms with Crippen molar-refractivity contribution in [2.75, 3.05) is 24.8 Å². The average molecular weight is 293 g/mol. The Morgan fingerprint density at radius 1 is 1.35 bits per heavy atom. The Hall–Kier alpha value is -2.34. The van der Waals surface area contributed by atoms with Crippen molar-refractivity contribution in [1.29, 1.82) is 0 Å². The van der Waals surface area contributed by atoms with Crippen LogP contribution in [0, 0.1) is 0 Å². The first kappa shape index (κ1) is 14.1. The normalized spacial score (nSPS) is 9.95. The Morgan fingerprint density at radius 3 is 2.85 bits per heavy atom. The Balaban J connectivity index is 2.25. The van der Waals surface area contributed by atoms with Crippen molar-refractivity contribution in [3.63, 3.8) is 0 Å². The number of nitrogens with one attached hydrogen (secondary N) is 2. The van der Waals surface area contributed by atoms with Crippen molar-refractivity contribution in [1.82, 2.24) is 9.97 Å². The van der Waals surface area contributed by atoms with Crippen LogP contribution in [0.1, 0.15) is 10.5 Å². The number of aromatic nitrogens is 2. The third kappa shape index (κ3) is 3.16. The largest absolute Gasteiger partial charge is 0.495 e. The van der Waals surface area contributed by atoms with Crippen LogP contribution in [-0.2, 0) is 0 Å². The van der Waals surface area contributed by atoms with Gasteiger partial charge in [0.1, 0.15) is 17.3 Å². The van der Waals surface area contributed by atoms with E-state index in [-0.39, 0.29) is 5.69 Å². The van der Waals surface area contributed by atoms with E-state index >= 15 is 0 Å². The van der Waals surface area contributed by atoms with Crippen molar-refractivity contribution in [2.45, 2.75) is 0 Å². The maximum absolute atomic E-state index is 12.1. The summed E-state index contributed by atoms with van der Waals surface area (Å²) in [5.74, 6) is 0.631. The van der Waals surface area contributed by atoms with Gasteiger partial charge in [-0.2, -0.15) is 0 Å². The molecule has 0 saturated heterocycles. The van der Waals surface area contributed by atoms with E-state index in [2.05, 4.69) is 20.6 Å². The fourth-order valence-electron chi connectivity index (χ4n) is 1.56. The van der Waals surface area contributed by atoms with Crippen LogP contribution in [0.2, 0.25) is 5.02 Å². The summed E-state index contributed by atoms with van der Waals surface area (Å²) in [5, 5.41) is 6.01. The summed E-state index contributed by atoms with van der Waals surface area (Å²) in [4.78, 5) is 20.2. The minimum Gasteiger partial charge on any atom is -0.495 e. The fourth-order valence-corrected chi connectivity index (χ4v) is 1.73. The van der Waals surface area contributed by atoms with E-state index in [0.717, 1.165) is 0 Å². The predicted octanol–water partition coefficient (Wildman–Crippen LogP) is 2.43. The molecule has 0 saturated carbocycles. The summed E-state index contributed by atoms with van der Waals surface area (Å²) in [6.07, 6.45) is 2.91. The van der Waals surface area contributed by atoms with Gasteiger partial charge in [0.2, 0.25) is 0 Å². The molecule has 0 aliphatic carbocycles. The molecule has 0 spiro atoms. The second-order valence-electron chi connectivity index (χ2n) is 3.84. The molecule has 2 rings (SSSR count). The number of methoxy groups -OCH3 is 1. The van der Waals surface area contributed by atoms with Crippen LogP contribution < -0.4 is 15.4 Å². The van der Waals surface area contributed by atoms with Crippen molar-refractivity contribution in [3.8, 4) is 5.75 Å². The number of hydrogen-bond donors (Lipinski definition) is 2. The maximum atomic E-state index is 12.1. The lowest BCUT2D eigenvalue weighted by molar-refractivity contribution is 0.102. The van der Waals surface area contributed by atoms with E-state index in [1.165, 1.54) is 19.5 Å². The Morgan fingerprint density at radius 2 is 2.15 bits per heavy atom. The van der Waals surface area contributed by atoms with Crippen LogP contribution in [0.25, 0.3) is 0 Å². The van der Waals surface area contributed by atoms with Crippen molar-refractivity contribution < 1.29 is 9.53 Å². The minimum atomic E-state index is -0.393. The first-order valence-electron chi connectivity index (χ1n) is 5.78. The number of ether oxygens (including phenoxy) is 1. The summed E-state index contributed by atoms with van der Waals surface area (Å²) in [5.41, 5.74) is 0.667. The first-order valence-corrected chi connectivity index (χ1v) is 6.16. The maximum Gasteiger partial charge on any atom is 0.276 e. The highest BCUT2D eigenvalue weighted by Crippen LogP contribution is 2.27. The highest BCUT2D eigenvalue weighted by atomic mass is 35.5. The molecule has 1 amide bonds. The molecule has 0 aliphatic heterocycles. The highest BCUT2D eigenvalue weighted by molar-refractivity contribution is 6.31. The Bertz CT molecular complexity index is 634. The van der Waals surface area contributed by atoms with Crippen LogP contribution in [0.3, 0.4) is 0 Å². The third-order valence-electron chi connectivity index (χ3n) is 2.53. The van der Waals surface area contributed by atoms with Gasteiger partial charge in [-0.15, -0.1) is 0 Å². The van der Waals surface area contributed by atoms with E-state index in [0.29, 0.717) is 22.3 Å². The molecule has 2 aromatic rings. The van der Waals surface area contributed by atoms with Gasteiger partial charge in [0.05, 0.1) is 25.2 Å². The predicted molar refractivity (Wildman–Crippen MR) is 77.5 cm³/mol. The molecule has 1 heterocycles. The molecule has 0 radical (unpaired) electrons. The first-order chi connectivity index (χ1) is 9.63. The summed E-state index contributed by atoms with van der Waals surface area (Å²) in [6.45, 7) is 0. The molecule has 0 aliphatic rings. The molecule has 0 fully saturated rings. The second-order valence-corrected chi connectivity index (χ2v) is 4.27. The molecule has 104 valence electrons. The van der Waals surface area contributed by atoms with Gasteiger partial charge in [0.15, 0.2) is 0 Å². The molecule has 0 atom stereocenters. The van der Waals surface area contributed by atoms with Gasteiger partial charge in [-0.3, -0.25) is 9.78 Å². The molecule has 2 N–H and O–H groups in total. The molecular weight excluding hydrogens is 280 g/mol. The quantitative estimate of drug-likeness (QED) is 0.905. The average Bonchev–Trinajstić information content (AvgIpc) is 2.47. The number of carbonyl (C=O) groups is 1. The molecular formula is C13H13ClN4O2.